The Labute approximate surface area is 119 Å². The van der Waals surface area contributed by atoms with Crippen molar-refractivity contribution >= 4 is 17.3 Å². The molecule has 1 aromatic carbocycles. The monoisotopic (exact) mass is 274 g/mol. The molecule has 0 bridgehead atoms. The fourth-order valence-corrected chi connectivity index (χ4v) is 3.05. The molecule has 1 fully saturated rings. The van der Waals surface area contributed by atoms with E-state index in [1.165, 1.54) is 0 Å². The predicted octanol–water partition coefficient (Wildman–Crippen LogP) is 1.30. The van der Waals surface area contributed by atoms with Crippen LogP contribution in [0.25, 0.3) is 0 Å². The van der Waals surface area contributed by atoms with Gasteiger partial charge in [0.2, 0.25) is 0 Å². The van der Waals surface area contributed by atoms with Crippen molar-refractivity contribution in [3.63, 3.8) is 0 Å². The molecule has 0 spiro atoms. The molecule has 2 N–H and O–H groups in total. The number of piperazine rings is 1. The number of anilines is 2. The highest BCUT2D eigenvalue weighted by molar-refractivity contribution is 6.03. The zero-order valence-electron chi connectivity index (χ0n) is 12.1. The summed E-state index contributed by atoms with van der Waals surface area (Å²) in [5.74, 6) is 0.138. The van der Waals surface area contributed by atoms with Crippen molar-refractivity contribution < 1.29 is 4.79 Å². The number of benzene rings is 1. The predicted molar refractivity (Wildman–Crippen MR) is 81.4 cm³/mol. The number of para-hydroxylation sites is 1. The molecule has 108 valence electrons. The number of rotatable bonds is 1. The Kier molecular flexibility index (Phi) is 3.53. The maximum absolute atomic E-state index is 12.8. The third-order valence-corrected chi connectivity index (χ3v) is 4.13. The Hall–Kier alpha value is -1.75. The van der Waals surface area contributed by atoms with Gasteiger partial charge in [-0.05, 0) is 26.1 Å². The Morgan fingerprint density at radius 2 is 2.05 bits per heavy atom. The molecular formula is C15H22N4O. The van der Waals surface area contributed by atoms with Crippen LogP contribution in [0.4, 0.5) is 11.4 Å². The third kappa shape index (κ3) is 2.33. The van der Waals surface area contributed by atoms with Gasteiger partial charge >= 0.3 is 0 Å². The minimum absolute atomic E-state index is 0.138. The van der Waals surface area contributed by atoms with Gasteiger partial charge in [-0.25, -0.2) is 0 Å². The van der Waals surface area contributed by atoms with Crippen molar-refractivity contribution in [1.82, 2.24) is 9.80 Å². The van der Waals surface area contributed by atoms with Gasteiger partial charge in [0.1, 0.15) is 0 Å². The largest absolute Gasteiger partial charge is 0.382 e. The van der Waals surface area contributed by atoms with Crippen LogP contribution in [0.15, 0.2) is 18.2 Å². The summed E-state index contributed by atoms with van der Waals surface area (Å²) in [5, 5.41) is 6.69. The van der Waals surface area contributed by atoms with E-state index < -0.39 is 0 Å². The van der Waals surface area contributed by atoms with E-state index in [1.807, 2.05) is 23.1 Å². The van der Waals surface area contributed by atoms with E-state index in [4.69, 9.17) is 0 Å². The lowest BCUT2D eigenvalue weighted by atomic mass is 10.1. The van der Waals surface area contributed by atoms with Gasteiger partial charge in [0, 0.05) is 38.8 Å². The quantitative estimate of drug-likeness (QED) is 0.810. The number of likely N-dealkylation sites (N-methyl/N-ethyl adjacent to an activating group) is 1. The summed E-state index contributed by atoms with van der Waals surface area (Å²) in [4.78, 5) is 17.1. The van der Waals surface area contributed by atoms with E-state index >= 15 is 0 Å². The summed E-state index contributed by atoms with van der Waals surface area (Å²) in [6.07, 6.45) is 0. The summed E-state index contributed by atoms with van der Waals surface area (Å²) < 4.78 is 0. The number of carbonyl (C=O) groups excluding carboxylic acids is 1. The van der Waals surface area contributed by atoms with Crippen LogP contribution in [0.3, 0.4) is 0 Å². The van der Waals surface area contributed by atoms with Gasteiger partial charge in [0.05, 0.1) is 16.9 Å². The third-order valence-electron chi connectivity index (χ3n) is 4.13. The van der Waals surface area contributed by atoms with E-state index in [0.717, 1.165) is 49.7 Å². The molecule has 5 nitrogen and oxygen atoms in total. The van der Waals surface area contributed by atoms with Crippen LogP contribution in [0.5, 0.6) is 0 Å². The summed E-state index contributed by atoms with van der Waals surface area (Å²) in [6.45, 7) is 6.55. The second kappa shape index (κ2) is 5.32. The first-order chi connectivity index (χ1) is 9.66. The highest BCUT2D eigenvalue weighted by Crippen LogP contribution is 2.29. The normalized spacial score (nSPS) is 22.7. The molecule has 0 saturated carbocycles. The molecule has 0 radical (unpaired) electrons. The van der Waals surface area contributed by atoms with Crippen molar-refractivity contribution in [2.24, 2.45) is 0 Å². The Bertz CT molecular complexity index is 517. The van der Waals surface area contributed by atoms with E-state index in [0.29, 0.717) is 0 Å². The van der Waals surface area contributed by atoms with Gasteiger partial charge in [0.25, 0.3) is 5.91 Å². The highest BCUT2D eigenvalue weighted by atomic mass is 16.2. The zero-order valence-corrected chi connectivity index (χ0v) is 12.1. The number of nitrogens with zero attached hydrogens (tertiary/aromatic N) is 2. The van der Waals surface area contributed by atoms with Gasteiger partial charge in [-0.1, -0.05) is 6.07 Å². The van der Waals surface area contributed by atoms with Crippen molar-refractivity contribution in [1.29, 1.82) is 0 Å². The smallest absolute Gasteiger partial charge is 0.256 e. The minimum atomic E-state index is 0.138. The molecule has 0 aromatic heterocycles. The van der Waals surface area contributed by atoms with Crippen molar-refractivity contribution in [2.45, 2.75) is 13.0 Å². The summed E-state index contributed by atoms with van der Waals surface area (Å²) in [6, 6.07) is 6.15. The molecule has 2 aliphatic rings. The maximum atomic E-state index is 12.8. The van der Waals surface area contributed by atoms with Crippen LogP contribution < -0.4 is 10.6 Å². The SMILES string of the molecule is CC1CN(C)CCN1C(=O)c1cccc2c1NCCN2. The number of fused-ring (bicyclic) bond motifs is 1. The topological polar surface area (TPSA) is 47.6 Å². The van der Waals surface area contributed by atoms with Gasteiger partial charge in [-0.15, -0.1) is 0 Å². The van der Waals surface area contributed by atoms with E-state index in [-0.39, 0.29) is 11.9 Å². The lowest BCUT2D eigenvalue weighted by Gasteiger charge is -2.38. The summed E-state index contributed by atoms with van der Waals surface area (Å²) in [7, 11) is 2.11. The summed E-state index contributed by atoms with van der Waals surface area (Å²) in [5.41, 5.74) is 2.77. The molecule has 1 unspecified atom stereocenters. The zero-order chi connectivity index (χ0) is 14.1. The Morgan fingerprint density at radius 3 is 2.85 bits per heavy atom. The van der Waals surface area contributed by atoms with Crippen LogP contribution in [-0.2, 0) is 0 Å². The number of carbonyl (C=O) groups is 1. The Balaban J connectivity index is 1.87. The van der Waals surface area contributed by atoms with Crippen molar-refractivity contribution in [3.8, 4) is 0 Å². The molecule has 2 heterocycles. The fraction of sp³-hybridized carbons (Fsp3) is 0.533. The number of hydrogen-bond acceptors (Lipinski definition) is 4. The number of amides is 1. The van der Waals surface area contributed by atoms with Crippen LogP contribution in [0, 0.1) is 0 Å². The molecule has 1 aromatic rings. The molecule has 1 saturated heterocycles. The lowest BCUT2D eigenvalue weighted by Crippen LogP contribution is -2.52. The van der Waals surface area contributed by atoms with Gasteiger partial charge in [0.15, 0.2) is 0 Å². The fourth-order valence-electron chi connectivity index (χ4n) is 3.05. The molecular weight excluding hydrogens is 252 g/mol. The molecule has 5 heteroatoms. The minimum Gasteiger partial charge on any atom is -0.382 e. The van der Waals surface area contributed by atoms with Crippen molar-refractivity contribution in [2.75, 3.05) is 50.4 Å². The number of nitrogens with one attached hydrogen (secondary N) is 2. The maximum Gasteiger partial charge on any atom is 0.256 e. The average molecular weight is 274 g/mol. The van der Waals surface area contributed by atoms with Gasteiger partial charge in [-0.3, -0.25) is 4.79 Å². The average Bonchev–Trinajstić information content (AvgIpc) is 2.46. The first kappa shape index (κ1) is 13.2. The second-order valence-electron chi connectivity index (χ2n) is 5.69. The summed E-state index contributed by atoms with van der Waals surface area (Å²) >= 11 is 0. The molecule has 3 rings (SSSR count). The first-order valence-corrected chi connectivity index (χ1v) is 7.27. The van der Waals surface area contributed by atoms with E-state index in [2.05, 4.69) is 29.5 Å². The van der Waals surface area contributed by atoms with E-state index in [1.54, 1.807) is 0 Å². The van der Waals surface area contributed by atoms with Crippen LogP contribution >= 0.6 is 0 Å². The van der Waals surface area contributed by atoms with Crippen LogP contribution in [0.2, 0.25) is 0 Å². The van der Waals surface area contributed by atoms with Gasteiger partial charge in [-0.2, -0.15) is 0 Å². The lowest BCUT2D eigenvalue weighted by molar-refractivity contribution is 0.0534. The molecule has 1 amide bonds. The van der Waals surface area contributed by atoms with Gasteiger partial charge < -0.3 is 20.4 Å². The first-order valence-electron chi connectivity index (χ1n) is 7.27. The van der Waals surface area contributed by atoms with Crippen LogP contribution in [0.1, 0.15) is 17.3 Å². The molecule has 20 heavy (non-hydrogen) atoms. The van der Waals surface area contributed by atoms with Crippen LogP contribution in [-0.4, -0.2) is 61.5 Å². The molecule has 0 aliphatic carbocycles. The molecule has 1 atom stereocenters. The highest BCUT2D eigenvalue weighted by Gasteiger charge is 2.28. The molecule has 2 aliphatic heterocycles. The van der Waals surface area contributed by atoms with Crippen molar-refractivity contribution in [3.05, 3.63) is 23.8 Å². The Morgan fingerprint density at radius 1 is 1.25 bits per heavy atom. The van der Waals surface area contributed by atoms with E-state index in [9.17, 15) is 4.79 Å². The standard InChI is InChI=1S/C15H22N4O/c1-11-10-18(2)8-9-19(11)15(20)12-4-3-5-13-14(12)17-7-6-16-13/h3-5,11,16-17H,6-10H2,1-2H3. The number of hydrogen-bond donors (Lipinski definition) is 2. The second-order valence-corrected chi connectivity index (χ2v) is 5.69.